The summed E-state index contributed by atoms with van der Waals surface area (Å²) in [7, 11) is 0. The molecule has 0 amide bonds. The Kier molecular flexibility index (Phi) is 5.02. The second kappa shape index (κ2) is 6.76. The lowest BCUT2D eigenvalue weighted by Gasteiger charge is -2.13. The Morgan fingerprint density at radius 1 is 1.00 bits per heavy atom. The van der Waals surface area contributed by atoms with Gasteiger partial charge in [0.15, 0.2) is 0 Å². The number of hydrogen-bond donors (Lipinski definition) is 1. The fraction of sp³-hybridized carbons (Fsp3) is 0.294. The van der Waals surface area contributed by atoms with Crippen LogP contribution in [0.4, 0.5) is 13.2 Å². The van der Waals surface area contributed by atoms with Gasteiger partial charge in [0.2, 0.25) is 0 Å². The number of hydrogen-bond acceptors (Lipinski definition) is 1. The third-order valence-electron chi connectivity index (χ3n) is 3.31. The minimum Gasteiger partial charge on any atom is -0.312 e. The zero-order valence-corrected chi connectivity index (χ0v) is 11.9. The molecule has 21 heavy (non-hydrogen) atoms. The van der Waals surface area contributed by atoms with E-state index in [1.807, 2.05) is 25.1 Å². The van der Waals surface area contributed by atoms with Gasteiger partial charge in [-0.1, -0.05) is 48.0 Å². The molecule has 0 aliphatic rings. The Bertz CT molecular complexity index is 591. The molecular weight excluding hydrogens is 275 g/mol. The van der Waals surface area contributed by atoms with E-state index < -0.39 is 11.7 Å². The average Bonchev–Trinajstić information content (AvgIpc) is 2.43. The van der Waals surface area contributed by atoms with Crippen LogP contribution in [0.25, 0.3) is 0 Å². The molecule has 0 fully saturated rings. The minimum absolute atomic E-state index is 0.224. The molecule has 0 aliphatic heterocycles. The van der Waals surface area contributed by atoms with Crippen molar-refractivity contribution < 1.29 is 13.2 Å². The van der Waals surface area contributed by atoms with Gasteiger partial charge in [-0.2, -0.15) is 13.2 Å². The highest BCUT2D eigenvalue weighted by Crippen LogP contribution is 2.31. The summed E-state index contributed by atoms with van der Waals surface area (Å²) in [4.78, 5) is 0. The van der Waals surface area contributed by atoms with Crippen molar-refractivity contribution in [3.63, 3.8) is 0 Å². The maximum absolute atomic E-state index is 12.8. The van der Waals surface area contributed by atoms with E-state index in [-0.39, 0.29) is 12.1 Å². The largest absolute Gasteiger partial charge is 0.416 e. The fourth-order valence-corrected chi connectivity index (χ4v) is 2.27. The van der Waals surface area contributed by atoms with E-state index in [1.165, 1.54) is 23.3 Å². The molecule has 0 radical (unpaired) electrons. The van der Waals surface area contributed by atoms with Crippen molar-refractivity contribution >= 4 is 0 Å². The van der Waals surface area contributed by atoms with E-state index >= 15 is 0 Å². The van der Waals surface area contributed by atoms with Gasteiger partial charge >= 0.3 is 6.18 Å². The lowest BCUT2D eigenvalue weighted by Crippen LogP contribution is -2.19. The second-order valence-corrected chi connectivity index (χ2v) is 5.07. The maximum Gasteiger partial charge on any atom is 0.416 e. The van der Waals surface area contributed by atoms with Crippen molar-refractivity contribution in [1.82, 2.24) is 5.32 Å². The first-order chi connectivity index (χ1) is 9.97. The zero-order chi connectivity index (χ0) is 15.3. The highest BCUT2D eigenvalue weighted by Gasteiger charge is 2.32. The van der Waals surface area contributed by atoms with Gasteiger partial charge in [0.1, 0.15) is 0 Å². The number of halogens is 3. The molecule has 2 aromatic carbocycles. The fourth-order valence-electron chi connectivity index (χ4n) is 2.27. The van der Waals surface area contributed by atoms with Crippen LogP contribution in [0.2, 0.25) is 0 Å². The Balaban J connectivity index is 1.90. The van der Waals surface area contributed by atoms with Crippen LogP contribution in [0.15, 0.2) is 48.5 Å². The quantitative estimate of drug-likeness (QED) is 0.808. The van der Waals surface area contributed by atoms with Crippen LogP contribution in [0, 0.1) is 6.92 Å². The first kappa shape index (κ1) is 15.6. The molecule has 0 aliphatic carbocycles. The molecule has 0 atom stereocenters. The van der Waals surface area contributed by atoms with Crippen molar-refractivity contribution in [2.24, 2.45) is 0 Å². The molecule has 0 spiro atoms. The first-order valence-electron chi connectivity index (χ1n) is 6.88. The van der Waals surface area contributed by atoms with Gasteiger partial charge in [0, 0.05) is 6.54 Å². The van der Waals surface area contributed by atoms with Crippen LogP contribution in [-0.2, 0) is 19.1 Å². The predicted molar refractivity (Wildman–Crippen MR) is 78.0 cm³/mol. The summed E-state index contributed by atoms with van der Waals surface area (Å²) >= 11 is 0. The van der Waals surface area contributed by atoms with Gasteiger partial charge < -0.3 is 5.32 Å². The molecule has 0 saturated heterocycles. The monoisotopic (exact) mass is 293 g/mol. The third kappa shape index (κ3) is 4.60. The van der Waals surface area contributed by atoms with E-state index in [2.05, 4.69) is 11.4 Å². The summed E-state index contributed by atoms with van der Waals surface area (Å²) in [5, 5.41) is 3.08. The topological polar surface area (TPSA) is 12.0 Å². The molecule has 0 saturated carbocycles. The molecule has 1 N–H and O–H groups in total. The van der Waals surface area contributed by atoms with Crippen molar-refractivity contribution in [3.05, 3.63) is 70.8 Å². The van der Waals surface area contributed by atoms with Crippen LogP contribution in [0.5, 0.6) is 0 Å². The van der Waals surface area contributed by atoms with Crippen LogP contribution in [-0.4, -0.2) is 6.54 Å². The highest BCUT2D eigenvalue weighted by molar-refractivity contribution is 5.29. The van der Waals surface area contributed by atoms with Gasteiger partial charge in [-0.3, -0.25) is 0 Å². The molecule has 4 heteroatoms. The van der Waals surface area contributed by atoms with Gasteiger partial charge in [-0.05, 0) is 37.1 Å². The molecular formula is C17H18F3N. The lowest BCUT2D eigenvalue weighted by atomic mass is 10.1. The normalized spacial score (nSPS) is 11.6. The van der Waals surface area contributed by atoms with Crippen molar-refractivity contribution in [2.45, 2.75) is 26.1 Å². The van der Waals surface area contributed by atoms with E-state index in [9.17, 15) is 13.2 Å². The van der Waals surface area contributed by atoms with E-state index in [0.717, 1.165) is 12.5 Å². The van der Waals surface area contributed by atoms with Crippen molar-refractivity contribution in [2.75, 3.05) is 6.54 Å². The van der Waals surface area contributed by atoms with E-state index in [0.29, 0.717) is 6.54 Å². The zero-order valence-electron chi connectivity index (χ0n) is 11.9. The number of nitrogens with one attached hydrogen (secondary N) is 1. The minimum atomic E-state index is -4.30. The van der Waals surface area contributed by atoms with Crippen LogP contribution >= 0.6 is 0 Å². The molecule has 112 valence electrons. The molecule has 2 rings (SSSR count). The van der Waals surface area contributed by atoms with E-state index in [1.54, 1.807) is 6.07 Å². The Labute approximate surface area is 122 Å². The maximum atomic E-state index is 12.8. The van der Waals surface area contributed by atoms with Gasteiger partial charge in [-0.25, -0.2) is 0 Å². The standard InChI is InChI=1S/C17H18F3N/c1-13-5-4-6-14(11-13)9-10-21-12-15-7-2-3-8-16(15)17(18,19)20/h2-8,11,21H,9-10,12H2,1H3. The molecule has 1 nitrogen and oxygen atoms in total. The summed E-state index contributed by atoms with van der Waals surface area (Å²) in [6, 6.07) is 13.8. The smallest absolute Gasteiger partial charge is 0.312 e. The number of aryl methyl sites for hydroxylation is 1. The third-order valence-corrected chi connectivity index (χ3v) is 3.31. The average molecular weight is 293 g/mol. The molecule has 0 unspecified atom stereocenters. The van der Waals surface area contributed by atoms with Crippen molar-refractivity contribution in [1.29, 1.82) is 0 Å². The Morgan fingerprint density at radius 3 is 2.48 bits per heavy atom. The van der Waals surface area contributed by atoms with Crippen LogP contribution < -0.4 is 5.32 Å². The summed E-state index contributed by atoms with van der Waals surface area (Å²) in [5.74, 6) is 0. The molecule has 0 bridgehead atoms. The second-order valence-electron chi connectivity index (χ2n) is 5.07. The van der Waals surface area contributed by atoms with Gasteiger partial charge in [0.05, 0.1) is 5.56 Å². The summed E-state index contributed by atoms with van der Waals surface area (Å²) in [6.45, 7) is 2.90. The summed E-state index contributed by atoms with van der Waals surface area (Å²) < 4.78 is 38.5. The van der Waals surface area contributed by atoms with Gasteiger partial charge in [-0.15, -0.1) is 0 Å². The highest BCUT2D eigenvalue weighted by atomic mass is 19.4. The first-order valence-corrected chi connectivity index (χ1v) is 6.88. The summed E-state index contributed by atoms with van der Waals surface area (Å²) in [5.41, 5.74) is 2.10. The molecule has 0 aromatic heterocycles. The van der Waals surface area contributed by atoms with Gasteiger partial charge in [0.25, 0.3) is 0 Å². The Morgan fingerprint density at radius 2 is 1.76 bits per heavy atom. The number of rotatable bonds is 5. The Hall–Kier alpha value is -1.81. The molecule has 2 aromatic rings. The van der Waals surface area contributed by atoms with E-state index in [4.69, 9.17) is 0 Å². The summed E-state index contributed by atoms with van der Waals surface area (Å²) in [6.07, 6.45) is -3.50. The van der Waals surface area contributed by atoms with Crippen LogP contribution in [0.1, 0.15) is 22.3 Å². The predicted octanol–water partition coefficient (Wildman–Crippen LogP) is 4.35. The lowest BCUT2D eigenvalue weighted by molar-refractivity contribution is -0.138. The van der Waals surface area contributed by atoms with Crippen molar-refractivity contribution in [3.8, 4) is 0 Å². The SMILES string of the molecule is Cc1cccc(CCNCc2ccccc2C(F)(F)F)c1. The van der Waals surface area contributed by atoms with Crippen LogP contribution in [0.3, 0.4) is 0 Å². The molecule has 0 heterocycles. The number of alkyl halides is 3. The number of benzene rings is 2.